The summed E-state index contributed by atoms with van der Waals surface area (Å²) >= 11 is 5.87. The second kappa shape index (κ2) is 7.93. The highest BCUT2D eigenvalue weighted by Gasteiger charge is 2.20. The first-order chi connectivity index (χ1) is 11.4. The molecule has 2 aromatic rings. The van der Waals surface area contributed by atoms with Crippen LogP contribution in [-0.4, -0.2) is 18.0 Å². The van der Waals surface area contributed by atoms with Crippen LogP contribution in [0.25, 0.3) is 0 Å². The molecule has 0 radical (unpaired) electrons. The van der Waals surface area contributed by atoms with Crippen molar-refractivity contribution in [2.75, 3.05) is 5.32 Å². The number of carbonyl (C=O) groups is 2. The maximum atomic E-state index is 13.7. The minimum atomic E-state index is -1.01. The van der Waals surface area contributed by atoms with Gasteiger partial charge >= 0.3 is 5.97 Å². The normalized spacial score (nSPS) is 11.7. The van der Waals surface area contributed by atoms with Gasteiger partial charge in [-0.1, -0.05) is 35.4 Å². The molecule has 1 N–H and O–H groups in total. The lowest BCUT2D eigenvalue weighted by atomic mass is 10.1. The molecule has 2 aromatic carbocycles. The van der Waals surface area contributed by atoms with Crippen molar-refractivity contribution in [3.05, 3.63) is 64.4 Å². The van der Waals surface area contributed by atoms with Crippen molar-refractivity contribution < 1.29 is 18.7 Å². The molecule has 0 unspecified atom stereocenters. The molecule has 0 saturated heterocycles. The third-order valence-corrected chi connectivity index (χ3v) is 3.73. The highest BCUT2D eigenvalue weighted by molar-refractivity contribution is 6.31. The van der Waals surface area contributed by atoms with E-state index < -0.39 is 23.8 Å². The van der Waals surface area contributed by atoms with E-state index in [1.165, 1.54) is 25.1 Å². The van der Waals surface area contributed by atoms with E-state index in [1.807, 2.05) is 19.1 Å². The zero-order chi connectivity index (χ0) is 17.7. The van der Waals surface area contributed by atoms with Crippen LogP contribution in [0.5, 0.6) is 0 Å². The number of rotatable bonds is 5. The van der Waals surface area contributed by atoms with Crippen LogP contribution in [0.1, 0.15) is 18.1 Å². The van der Waals surface area contributed by atoms with Gasteiger partial charge in [0.25, 0.3) is 5.91 Å². The average molecular weight is 350 g/mol. The molecule has 0 fully saturated rings. The molecule has 1 amide bonds. The summed E-state index contributed by atoms with van der Waals surface area (Å²) in [5, 5.41) is 2.79. The minimum absolute atomic E-state index is 0.0512. The number of anilines is 1. The highest BCUT2D eigenvalue weighted by Crippen LogP contribution is 2.20. The molecule has 1 atom stereocenters. The summed E-state index contributed by atoms with van der Waals surface area (Å²) < 4.78 is 18.7. The Labute approximate surface area is 144 Å². The van der Waals surface area contributed by atoms with E-state index in [1.54, 1.807) is 12.1 Å². The Bertz CT molecular complexity index is 726. The second-order valence-electron chi connectivity index (χ2n) is 5.36. The SMILES string of the molecule is Cc1ccc(NC(=O)[C@H](C)OC(=O)Cc2c(F)cccc2Cl)cc1. The van der Waals surface area contributed by atoms with Crippen molar-refractivity contribution in [2.45, 2.75) is 26.4 Å². The first-order valence-corrected chi connectivity index (χ1v) is 7.74. The Balaban J connectivity index is 1.93. The van der Waals surface area contributed by atoms with E-state index in [0.717, 1.165) is 5.56 Å². The van der Waals surface area contributed by atoms with E-state index in [0.29, 0.717) is 5.69 Å². The Kier molecular flexibility index (Phi) is 5.93. The number of carbonyl (C=O) groups excluding carboxylic acids is 2. The number of halogens is 2. The molecule has 6 heteroatoms. The van der Waals surface area contributed by atoms with Crippen LogP contribution in [0.3, 0.4) is 0 Å². The zero-order valence-corrected chi connectivity index (χ0v) is 14.1. The number of ether oxygens (including phenoxy) is 1. The smallest absolute Gasteiger partial charge is 0.311 e. The third kappa shape index (κ3) is 4.80. The van der Waals surface area contributed by atoms with Crippen molar-refractivity contribution in [1.82, 2.24) is 0 Å². The number of hydrogen-bond acceptors (Lipinski definition) is 3. The fourth-order valence-corrected chi connectivity index (χ4v) is 2.25. The quantitative estimate of drug-likeness (QED) is 0.833. The van der Waals surface area contributed by atoms with Gasteiger partial charge < -0.3 is 10.1 Å². The lowest BCUT2D eigenvalue weighted by Gasteiger charge is -2.14. The van der Waals surface area contributed by atoms with Gasteiger partial charge in [0.15, 0.2) is 6.10 Å². The number of nitrogens with one attached hydrogen (secondary N) is 1. The standard InChI is InChI=1S/C18H17ClFNO3/c1-11-6-8-13(9-7-11)21-18(23)12(2)24-17(22)10-14-15(19)4-3-5-16(14)20/h3-9,12H,10H2,1-2H3,(H,21,23)/t12-/m0/s1. The van der Waals surface area contributed by atoms with E-state index in [-0.39, 0.29) is 17.0 Å². The van der Waals surface area contributed by atoms with Gasteiger partial charge in [-0.05, 0) is 38.1 Å². The van der Waals surface area contributed by atoms with Gasteiger partial charge in [-0.3, -0.25) is 9.59 Å². The van der Waals surface area contributed by atoms with Gasteiger partial charge in [0, 0.05) is 16.3 Å². The first kappa shape index (κ1) is 17.9. The average Bonchev–Trinajstić information content (AvgIpc) is 2.53. The van der Waals surface area contributed by atoms with Crippen molar-refractivity contribution in [3.8, 4) is 0 Å². The summed E-state index contributed by atoms with van der Waals surface area (Å²) in [6.45, 7) is 3.38. The molecule has 0 aromatic heterocycles. The van der Waals surface area contributed by atoms with Crippen LogP contribution in [0.4, 0.5) is 10.1 Å². The van der Waals surface area contributed by atoms with E-state index in [2.05, 4.69) is 5.32 Å². The van der Waals surface area contributed by atoms with Crippen molar-refractivity contribution in [3.63, 3.8) is 0 Å². The maximum Gasteiger partial charge on any atom is 0.311 e. The largest absolute Gasteiger partial charge is 0.452 e. The van der Waals surface area contributed by atoms with Crippen molar-refractivity contribution in [1.29, 1.82) is 0 Å². The van der Waals surface area contributed by atoms with Gasteiger partial charge in [0.1, 0.15) is 5.82 Å². The molecule has 0 saturated carbocycles. The lowest BCUT2D eigenvalue weighted by molar-refractivity contribution is -0.152. The van der Waals surface area contributed by atoms with Crippen LogP contribution in [-0.2, 0) is 20.7 Å². The second-order valence-corrected chi connectivity index (χ2v) is 5.77. The van der Waals surface area contributed by atoms with Crippen LogP contribution in [0.15, 0.2) is 42.5 Å². The van der Waals surface area contributed by atoms with E-state index >= 15 is 0 Å². The molecule has 0 aliphatic rings. The summed E-state index contributed by atoms with van der Waals surface area (Å²) in [6, 6.07) is 11.4. The molecule has 24 heavy (non-hydrogen) atoms. The van der Waals surface area contributed by atoms with Gasteiger partial charge in [-0.25, -0.2) is 4.39 Å². The molecule has 0 aliphatic heterocycles. The summed E-state index contributed by atoms with van der Waals surface area (Å²) in [6.07, 6.45) is -1.35. The number of hydrogen-bond donors (Lipinski definition) is 1. The number of aryl methyl sites for hydroxylation is 1. The third-order valence-electron chi connectivity index (χ3n) is 3.38. The predicted molar refractivity (Wildman–Crippen MR) is 90.5 cm³/mol. The molecule has 0 spiro atoms. The minimum Gasteiger partial charge on any atom is -0.452 e. The Morgan fingerprint density at radius 2 is 1.88 bits per heavy atom. The zero-order valence-electron chi connectivity index (χ0n) is 13.3. The summed E-state index contributed by atoms with van der Waals surface area (Å²) in [4.78, 5) is 23.9. The fourth-order valence-electron chi connectivity index (χ4n) is 2.02. The van der Waals surface area contributed by atoms with Gasteiger partial charge in [0.05, 0.1) is 6.42 Å². The molecule has 4 nitrogen and oxygen atoms in total. The van der Waals surface area contributed by atoms with Crippen molar-refractivity contribution >= 4 is 29.2 Å². The number of benzene rings is 2. The molecule has 0 aliphatic carbocycles. The van der Waals surface area contributed by atoms with Gasteiger partial charge in [0.2, 0.25) is 0 Å². The number of amides is 1. The lowest BCUT2D eigenvalue weighted by Crippen LogP contribution is -2.30. The monoisotopic (exact) mass is 349 g/mol. The topological polar surface area (TPSA) is 55.4 Å². The maximum absolute atomic E-state index is 13.7. The molecule has 126 valence electrons. The summed E-state index contributed by atoms with van der Waals surface area (Å²) in [5.74, 6) is -1.78. The Morgan fingerprint density at radius 3 is 2.50 bits per heavy atom. The summed E-state index contributed by atoms with van der Waals surface area (Å²) in [5.41, 5.74) is 1.72. The van der Waals surface area contributed by atoms with E-state index in [9.17, 15) is 14.0 Å². The molecule has 2 rings (SSSR count). The summed E-state index contributed by atoms with van der Waals surface area (Å²) in [7, 11) is 0. The van der Waals surface area contributed by atoms with E-state index in [4.69, 9.17) is 16.3 Å². The Morgan fingerprint density at radius 1 is 1.21 bits per heavy atom. The first-order valence-electron chi connectivity index (χ1n) is 7.36. The Hall–Kier alpha value is -2.40. The van der Waals surface area contributed by atoms with Crippen molar-refractivity contribution in [2.24, 2.45) is 0 Å². The molecule has 0 bridgehead atoms. The molecular formula is C18H17ClFNO3. The van der Waals surface area contributed by atoms with Gasteiger partial charge in [-0.15, -0.1) is 0 Å². The predicted octanol–water partition coefficient (Wildman–Crippen LogP) is 3.90. The molecular weight excluding hydrogens is 333 g/mol. The van der Waals surface area contributed by atoms with Crippen LogP contribution in [0.2, 0.25) is 5.02 Å². The van der Waals surface area contributed by atoms with Crippen LogP contribution < -0.4 is 5.32 Å². The highest BCUT2D eigenvalue weighted by atomic mass is 35.5. The fraction of sp³-hybridized carbons (Fsp3) is 0.222. The van der Waals surface area contributed by atoms with Crippen LogP contribution >= 0.6 is 11.6 Å². The molecule has 0 heterocycles. The number of esters is 1. The van der Waals surface area contributed by atoms with Gasteiger partial charge in [-0.2, -0.15) is 0 Å². The van der Waals surface area contributed by atoms with Crippen LogP contribution in [0, 0.1) is 12.7 Å².